The summed E-state index contributed by atoms with van der Waals surface area (Å²) in [6, 6.07) is 12.4. The Morgan fingerprint density at radius 1 is 1.21 bits per heavy atom. The van der Waals surface area contributed by atoms with Gasteiger partial charge in [-0.2, -0.15) is 0 Å². The molecule has 126 valence electrons. The highest BCUT2D eigenvalue weighted by Crippen LogP contribution is 2.27. The molecule has 5 nitrogen and oxygen atoms in total. The van der Waals surface area contributed by atoms with Crippen molar-refractivity contribution in [2.24, 2.45) is 0 Å². The van der Waals surface area contributed by atoms with E-state index in [1.54, 1.807) is 43.6 Å². The standard InChI is InChI=1S/C17H17NO4S2/c1-12-10-13(21-2)6-8-17(12)24(19,20)18-11-14-5-7-15(22-14)16-4-3-9-23-16/h3-10,18H,11H2,1-2H3. The van der Waals surface area contributed by atoms with Crippen molar-refractivity contribution < 1.29 is 17.6 Å². The molecule has 3 aromatic rings. The van der Waals surface area contributed by atoms with Crippen LogP contribution in [0.3, 0.4) is 0 Å². The smallest absolute Gasteiger partial charge is 0.241 e. The first-order valence-electron chi connectivity index (χ1n) is 7.26. The number of thiophene rings is 1. The molecule has 0 saturated heterocycles. The van der Waals surface area contributed by atoms with Crippen LogP contribution < -0.4 is 9.46 Å². The average molecular weight is 363 g/mol. The van der Waals surface area contributed by atoms with Gasteiger partial charge in [-0.3, -0.25) is 0 Å². The van der Waals surface area contributed by atoms with Crippen molar-refractivity contribution in [1.29, 1.82) is 0 Å². The van der Waals surface area contributed by atoms with E-state index in [2.05, 4.69) is 4.72 Å². The summed E-state index contributed by atoms with van der Waals surface area (Å²) in [5.74, 6) is 1.92. The molecule has 0 radical (unpaired) electrons. The Morgan fingerprint density at radius 2 is 2.04 bits per heavy atom. The van der Waals surface area contributed by atoms with Gasteiger partial charge in [0.2, 0.25) is 10.0 Å². The van der Waals surface area contributed by atoms with Gasteiger partial charge in [0.25, 0.3) is 0 Å². The minimum Gasteiger partial charge on any atom is -0.497 e. The maximum Gasteiger partial charge on any atom is 0.241 e. The summed E-state index contributed by atoms with van der Waals surface area (Å²) >= 11 is 1.57. The highest BCUT2D eigenvalue weighted by atomic mass is 32.2. The van der Waals surface area contributed by atoms with E-state index >= 15 is 0 Å². The molecule has 0 bridgehead atoms. The summed E-state index contributed by atoms with van der Waals surface area (Å²) in [6.07, 6.45) is 0. The van der Waals surface area contributed by atoms with E-state index in [9.17, 15) is 8.42 Å². The molecule has 1 N–H and O–H groups in total. The minimum atomic E-state index is -3.62. The highest BCUT2D eigenvalue weighted by Gasteiger charge is 2.18. The van der Waals surface area contributed by atoms with Crippen LogP contribution in [-0.4, -0.2) is 15.5 Å². The van der Waals surface area contributed by atoms with Gasteiger partial charge in [-0.25, -0.2) is 13.1 Å². The lowest BCUT2D eigenvalue weighted by atomic mass is 10.2. The van der Waals surface area contributed by atoms with Crippen molar-refractivity contribution in [3.05, 3.63) is 59.2 Å². The van der Waals surface area contributed by atoms with E-state index < -0.39 is 10.0 Å². The molecule has 24 heavy (non-hydrogen) atoms. The van der Waals surface area contributed by atoms with Gasteiger partial charge in [0.15, 0.2) is 0 Å². The number of sulfonamides is 1. The van der Waals surface area contributed by atoms with Crippen LogP contribution in [0.5, 0.6) is 5.75 Å². The Balaban J connectivity index is 1.74. The lowest BCUT2D eigenvalue weighted by Crippen LogP contribution is -2.23. The molecule has 0 aliphatic rings. The predicted octanol–water partition coefficient (Wildman–Crippen LogP) is 3.80. The highest BCUT2D eigenvalue weighted by molar-refractivity contribution is 7.89. The number of hydrogen-bond donors (Lipinski definition) is 1. The minimum absolute atomic E-state index is 0.0964. The number of hydrogen-bond acceptors (Lipinski definition) is 5. The Labute approximate surface area is 144 Å². The number of methoxy groups -OCH3 is 1. The zero-order chi connectivity index (χ0) is 17.2. The fourth-order valence-electron chi connectivity index (χ4n) is 2.32. The summed E-state index contributed by atoms with van der Waals surface area (Å²) in [6.45, 7) is 1.83. The first kappa shape index (κ1) is 16.8. The van der Waals surface area contributed by atoms with Crippen molar-refractivity contribution >= 4 is 21.4 Å². The Morgan fingerprint density at radius 3 is 2.71 bits per heavy atom. The van der Waals surface area contributed by atoms with E-state index in [4.69, 9.17) is 9.15 Å². The number of benzene rings is 1. The molecule has 0 atom stereocenters. The first-order chi connectivity index (χ1) is 11.5. The molecule has 3 rings (SSSR count). The van der Waals surface area contributed by atoms with Crippen molar-refractivity contribution in [3.63, 3.8) is 0 Å². The third kappa shape index (κ3) is 3.53. The molecule has 0 fully saturated rings. The van der Waals surface area contributed by atoms with Crippen molar-refractivity contribution in [2.45, 2.75) is 18.4 Å². The lowest BCUT2D eigenvalue weighted by Gasteiger charge is -2.09. The zero-order valence-corrected chi connectivity index (χ0v) is 14.9. The molecular formula is C17H17NO4S2. The molecule has 0 spiro atoms. The predicted molar refractivity (Wildman–Crippen MR) is 93.8 cm³/mol. The van der Waals surface area contributed by atoms with Crippen LogP contribution in [0.2, 0.25) is 0 Å². The number of nitrogens with one attached hydrogen (secondary N) is 1. The topological polar surface area (TPSA) is 68.5 Å². The van der Waals surface area contributed by atoms with Crippen molar-refractivity contribution in [2.75, 3.05) is 7.11 Å². The summed E-state index contributed by atoms with van der Waals surface area (Å²) < 4.78 is 38.3. The third-order valence-corrected chi connectivity index (χ3v) is 5.98. The SMILES string of the molecule is COc1ccc(S(=O)(=O)NCc2ccc(-c3cccs3)o2)c(C)c1. The molecule has 2 heterocycles. The maximum absolute atomic E-state index is 12.5. The van der Waals surface area contributed by atoms with Gasteiger partial charge < -0.3 is 9.15 Å². The van der Waals surface area contributed by atoms with Gasteiger partial charge in [-0.05, 0) is 54.3 Å². The molecule has 0 amide bonds. The monoisotopic (exact) mass is 363 g/mol. The molecule has 2 aromatic heterocycles. The lowest BCUT2D eigenvalue weighted by molar-refractivity contribution is 0.414. The first-order valence-corrected chi connectivity index (χ1v) is 9.63. The van der Waals surface area contributed by atoms with Crippen LogP contribution >= 0.6 is 11.3 Å². The van der Waals surface area contributed by atoms with Crippen LogP contribution in [0.4, 0.5) is 0 Å². The number of ether oxygens (including phenoxy) is 1. The van der Waals surface area contributed by atoms with Crippen LogP contribution in [0.25, 0.3) is 10.6 Å². The quantitative estimate of drug-likeness (QED) is 0.723. The van der Waals surface area contributed by atoms with Crippen LogP contribution in [0, 0.1) is 6.92 Å². The third-order valence-electron chi connectivity index (χ3n) is 3.53. The van der Waals surface area contributed by atoms with Crippen LogP contribution in [-0.2, 0) is 16.6 Å². The summed E-state index contributed by atoms with van der Waals surface area (Å²) in [4.78, 5) is 1.24. The Hall–Kier alpha value is -2.09. The van der Waals surface area contributed by atoms with Gasteiger partial charge in [0.1, 0.15) is 17.3 Å². The molecule has 0 aliphatic heterocycles. The Kier molecular flexibility index (Phi) is 4.75. The Bertz CT molecular complexity index is 927. The second-order valence-corrected chi connectivity index (χ2v) is 7.88. The molecule has 1 aromatic carbocycles. The van der Waals surface area contributed by atoms with Gasteiger partial charge in [-0.1, -0.05) is 6.07 Å². The van der Waals surface area contributed by atoms with Crippen LogP contribution in [0.1, 0.15) is 11.3 Å². The second kappa shape index (κ2) is 6.80. The normalized spacial score (nSPS) is 11.6. The van der Waals surface area contributed by atoms with Gasteiger partial charge >= 0.3 is 0 Å². The number of furan rings is 1. The van der Waals surface area contributed by atoms with Crippen molar-refractivity contribution in [3.8, 4) is 16.4 Å². The van der Waals surface area contributed by atoms with Gasteiger partial charge in [-0.15, -0.1) is 11.3 Å². The van der Waals surface area contributed by atoms with Crippen LogP contribution in [0.15, 0.2) is 57.2 Å². The van der Waals surface area contributed by atoms with E-state index in [1.165, 1.54) is 6.07 Å². The second-order valence-electron chi connectivity index (χ2n) is 5.20. The molecule has 0 aliphatic carbocycles. The fourth-order valence-corrected chi connectivity index (χ4v) is 4.22. The summed E-state index contributed by atoms with van der Waals surface area (Å²) in [5.41, 5.74) is 0.626. The fraction of sp³-hybridized carbons (Fsp3) is 0.176. The van der Waals surface area contributed by atoms with Crippen molar-refractivity contribution in [1.82, 2.24) is 4.72 Å². The van der Waals surface area contributed by atoms with E-state index in [0.29, 0.717) is 17.1 Å². The zero-order valence-electron chi connectivity index (χ0n) is 13.3. The number of aryl methyl sites for hydroxylation is 1. The molecular weight excluding hydrogens is 346 g/mol. The molecule has 0 unspecified atom stereocenters. The van der Waals surface area contributed by atoms with Gasteiger partial charge in [0, 0.05) is 0 Å². The van der Waals surface area contributed by atoms with E-state index in [1.807, 2.05) is 23.6 Å². The molecule has 7 heteroatoms. The molecule has 0 saturated carbocycles. The van der Waals surface area contributed by atoms with Gasteiger partial charge in [0.05, 0.1) is 23.4 Å². The largest absolute Gasteiger partial charge is 0.497 e. The average Bonchev–Trinajstić information content (AvgIpc) is 3.23. The van der Waals surface area contributed by atoms with E-state index in [0.717, 1.165) is 10.6 Å². The summed E-state index contributed by atoms with van der Waals surface area (Å²) in [5, 5.41) is 1.96. The summed E-state index contributed by atoms with van der Waals surface area (Å²) in [7, 11) is -2.08. The maximum atomic E-state index is 12.5. The number of rotatable bonds is 6. The van der Waals surface area contributed by atoms with E-state index in [-0.39, 0.29) is 11.4 Å².